The summed E-state index contributed by atoms with van der Waals surface area (Å²) in [6, 6.07) is -0.890. The molecule has 0 radical (unpaired) electrons. The first-order valence-electron chi connectivity index (χ1n) is 20.9. The fraction of sp³-hybridized carbons (Fsp3) is 0.875. The van der Waals surface area contributed by atoms with E-state index in [-0.39, 0.29) is 59.9 Å². The van der Waals surface area contributed by atoms with E-state index >= 15 is 4.39 Å². The quantitative estimate of drug-likeness (QED) is 0.246. The molecule has 8 aliphatic rings. The lowest BCUT2D eigenvalue weighted by atomic mass is 9.67. The number of amides is 2. The van der Waals surface area contributed by atoms with E-state index < -0.39 is 24.2 Å². The normalized spacial score (nSPS) is 40.4. The number of rotatable bonds is 11. The molecule has 2 N–H and O–H groups in total. The first-order chi connectivity index (χ1) is 25.2. The van der Waals surface area contributed by atoms with Gasteiger partial charge in [0.25, 0.3) is 5.91 Å². The van der Waals surface area contributed by atoms with Crippen LogP contribution in [0.25, 0.3) is 0 Å². The summed E-state index contributed by atoms with van der Waals surface area (Å²) in [5.41, 5.74) is 0.163. The molecule has 5 heterocycles. The molecule has 2 amide bonds. The predicted molar refractivity (Wildman–Crippen MR) is 195 cm³/mol. The van der Waals surface area contributed by atoms with Gasteiger partial charge in [-0.15, -0.1) is 0 Å². The molecule has 290 valence electrons. The number of nitrogens with zero attached hydrogens (tertiary/aromatic N) is 4. The number of Topliss-reactive ketones (excluding diaryl/α,β-unsaturated/α-hetero) is 1. The highest BCUT2D eigenvalue weighted by Crippen LogP contribution is 2.53. The number of carbonyl (C=O) groups is 3. The van der Waals surface area contributed by atoms with Gasteiger partial charge in [0, 0.05) is 50.8 Å². The van der Waals surface area contributed by atoms with Gasteiger partial charge in [-0.1, -0.05) is 19.3 Å². The molecule has 0 aromatic rings. The van der Waals surface area contributed by atoms with Crippen molar-refractivity contribution in [3.05, 3.63) is 11.8 Å². The van der Waals surface area contributed by atoms with Gasteiger partial charge in [-0.2, -0.15) is 0 Å². The number of fused-ring (bicyclic) bond motifs is 5. The maximum Gasteiger partial charge on any atom is 0.256 e. The van der Waals surface area contributed by atoms with Crippen LogP contribution in [0.5, 0.6) is 0 Å². The first-order valence-corrected chi connectivity index (χ1v) is 20.9. The van der Waals surface area contributed by atoms with Crippen LogP contribution in [0.2, 0.25) is 0 Å². The highest BCUT2D eigenvalue weighted by Gasteiger charge is 2.62. The van der Waals surface area contributed by atoms with Crippen molar-refractivity contribution in [2.75, 3.05) is 59.9 Å². The maximum atomic E-state index is 16.8. The molecular weight excluding hydrogens is 663 g/mol. The summed E-state index contributed by atoms with van der Waals surface area (Å²) in [4.78, 5) is 49.8. The summed E-state index contributed by atoms with van der Waals surface area (Å²) in [5.74, 6) is -0.190. The number of ketones is 1. The van der Waals surface area contributed by atoms with Crippen molar-refractivity contribution < 1.29 is 28.2 Å². The molecule has 8 rings (SSSR count). The van der Waals surface area contributed by atoms with E-state index in [1.807, 2.05) is 20.3 Å². The molecule has 0 aromatic heterocycles. The summed E-state index contributed by atoms with van der Waals surface area (Å²) in [7, 11) is 4.07. The Bertz CT molecular complexity index is 1340. The van der Waals surface area contributed by atoms with Crippen molar-refractivity contribution in [1.29, 1.82) is 0 Å². The predicted octanol–water partition coefficient (Wildman–Crippen LogP) is 2.88. The molecule has 5 aliphatic heterocycles. The fourth-order valence-corrected chi connectivity index (χ4v) is 11.6. The van der Waals surface area contributed by atoms with Gasteiger partial charge in [0.1, 0.15) is 6.17 Å². The molecule has 7 fully saturated rings. The molecule has 11 nitrogen and oxygen atoms in total. The minimum atomic E-state index is -1.27. The number of carbonyl (C=O) groups excluding carboxylic acids is 3. The summed E-state index contributed by atoms with van der Waals surface area (Å²) in [5, 5.41) is 6.27. The number of morpholine rings is 1. The molecule has 0 spiro atoms. The van der Waals surface area contributed by atoms with Crippen molar-refractivity contribution in [3.8, 4) is 0 Å². The Morgan fingerprint density at radius 3 is 2.56 bits per heavy atom. The SMILES string of the molecule is CN(C)CCCCNC(=O)C1=CN2C3CC4OC5CCCCC5C4CC3OC3C(N4CC[C@@H](NC(=O)CCN5CCCCC5)C4)C(F)CC(C1=O)C32. The number of halogens is 1. The van der Waals surface area contributed by atoms with Crippen LogP contribution in [0, 0.1) is 17.8 Å². The molecule has 0 bridgehead atoms. The van der Waals surface area contributed by atoms with Crippen LogP contribution in [0.3, 0.4) is 0 Å². The van der Waals surface area contributed by atoms with Gasteiger partial charge in [0.05, 0.1) is 48.1 Å². The summed E-state index contributed by atoms with van der Waals surface area (Å²) >= 11 is 0. The number of alkyl halides is 1. The van der Waals surface area contributed by atoms with Crippen LogP contribution in [-0.4, -0.2) is 152 Å². The topological polar surface area (TPSA) is 107 Å². The molecular formula is C40H63FN6O5. The maximum absolute atomic E-state index is 16.8. The Hall–Kier alpha value is -2.12. The molecule has 3 aliphatic carbocycles. The van der Waals surface area contributed by atoms with Crippen molar-refractivity contribution in [3.63, 3.8) is 0 Å². The first kappa shape index (κ1) is 36.8. The zero-order valence-corrected chi connectivity index (χ0v) is 31.6. The number of likely N-dealkylation sites (tertiary alicyclic amines) is 2. The van der Waals surface area contributed by atoms with E-state index in [9.17, 15) is 14.4 Å². The van der Waals surface area contributed by atoms with Gasteiger partial charge in [-0.3, -0.25) is 19.3 Å². The molecule has 12 atom stereocenters. The van der Waals surface area contributed by atoms with Gasteiger partial charge in [0.2, 0.25) is 5.91 Å². The second kappa shape index (κ2) is 15.9. The van der Waals surface area contributed by atoms with Crippen LogP contribution < -0.4 is 10.6 Å². The van der Waals surface area contributed by atoms with Crippen molar-refractivity contribution in [1.82, 2.24) is 30.2 Å². The van der Waals surface area contributed by atoms with Gasteiger partial charge in [-0.25, -0.2) is 4.39 Å². The Kier molecular flexibility index (Phi) is 11.3. The summed E-state index contributed by atoms with van der Waals surface area (Å²) in [6.45, 7) is 5.64. The number of ether oxygens (including phenoxy) is 2. The lowest BCUT2D eigenvalue weighted by molar-refractivity contribution is -0.220. The van der Waals surface area contributed by atoms with E-state index in [1.165, 1.54) is 38.5 Å². The monoisotopic (exact) mass is 726 g/mol. The molecule has 0 aromatic carbocycles. The number of piperidine rings is 1. The Morgan fingerprint density at radius 1 is 0.904 bits per heavy atom. The van der Waals surface area contributed by atoms with E-state index in [4.69, 9.17) is 9.47 Å². The lowest BCUT2D eigenvalue weighted by Gasteiger charge is -2.61. The van der Waals surface area contributed by atoms with E-state index in [0.717, 1.165) is 64.7 Å². The van der Waals surface area contributed by atoms with Crippen molar-refractivity contribution >= 4 is 17.6 Å². The molecule has 11 unspecified atom stereocenters. The van der Waals surface area contributed by atoms with Crippen LogP contribution in [-0.2, 0) is 23.9 Å². The average molecular weight is 727 g/mol. The van der Waals surface area contributed by atoms with Crippen LogP contribution in [0.4, 0.5) is 4.39 Å². The highest BCUT2D eigenvalue weighted by molar-refractivity contribution is 6.20. The van der Waals surface area contributed by atoms with Crippen molar-refractivity contribution in [2.45, 2.75) is 145 Å². The Labute approximate surface area is 309 Å². The average Bonchev–Trinajstić information content (AvgIpc) is 3.74. The zero-order valence-electron chi connectivity index (χ0n) is 31.6. The van der Waals surface area contributed by atoms with Crippen LogP contribution in [0.1, 0.15) is 89.9 Å². The molecule has 52 heavy (non-hydrogen) atoms. The highest BCUT2D eigenvalue weighted by atomic mass is 19.1. The third kappa shape index (κ3) is 7.45. The van der Waals surface area contributed by atoms with Gasteiger partial charge in [-0.05, 0) is 110 Å². The Balaban J connectivity index is 0.997. The lowest BCUT2D eigenvalue weighted by Crippen LogP contribution is -2.73. The zero-order chi connectivity index (χ0) is 35.9. The van der Waals surface area contributed by atoms with Gasteiger partial charge in [0.15, 0.2) is 5.78 Å². The number of unbranched alkanes of at least 4 members (excludes halogenated alkanes) is 1. The second-order valence-electron chi connectivity index (χ2n) is 17.7. The summed E-state index contributed by atoms with van der Waals surface area (Å²) in [6.07, 6.45) is 13.7. The summed E-state index contributed by atoms with van der Waals surface area (Å²) < 4.78 is 30.6. The largest absolute Gasteiger partial charge is 0.374 e. The smallest absolute Gasteiger partial charge is 0.256 e. The van der Waals surface area contributed by atoms with Gasteiger partial charge < -0.3 is 34.8 Å². The molecule has 3 saturated carbocycles. The Morgan fingerprint density at radius 2 is 1.73 bits per heavy atom. The third-order valence-corrected chi connectivity index (χ3v) is 14.1. The van der Waals surface area contributed by atoms with Crippen molar-refractivity contribution in [2.24, 2.45) is 17.8 Å². The fourth-order valence-electron chi connectivity index (χ4n) is 11.6. The number of nitrogens with one attached hydrogen (secondary N) is 2. The molecule has 12 heteroatoms. The van der Waals surface area contributed by atoms with Gasteiger partial charge >= 0.3 is 0 Å². The van der Waals surface area contributed by atoms with Crippen LogP contribution in [0.15, 0.2) is 11.8 Å². The minimum Gasteiger partial charge on any atom is -0.374 e. The second-order valence-corrected chi connectivity index (χ2v) is 17.7. The van der Waals surface area contributed by atoms with Crippen LogP contribution >= 0.6 is 0 Å². The third-order valence-electron chi connectivity index (χ3n) is 14.1. The standard InChI is InChI=1S/C40H63FN6O5/c1-44(2)15-9-6-14-42-40(50)29-24-47-31-22-33-27(26-10-4-5-11-32(26)51-33)21-34(31)52-39-36(47)28(38(29)49)20-30(41)37(39)46-19-12-25(23-46)43-35(48)13-18-45-16-7-3-8-17-45/h24-28,30-34,36-37,39H,3-23H2,1-2H3,(H,42,50)(H,43,48)/t25-,26?,27?,28?,30?,31?,32?,33?,34?,36?,37?,39?/m1/s1. The number of hydrogen-bond acceptors (Lipinski definition) is 9. The molecule has 4 saturated heterocycles. The van der Waals surface area contributed by atoms with E-state index in [0.29, 0.717) is 44.0 Å². The number of hydrogen-bond donors (Lipinski definition) is 2. The minimum absolute atomic E-state index is 0.0246. The van der Waals surface area contributed by atoms with E-state index in [2.05, 4.69) is 30.2 Å². The van der Waals surface area contributed by atoms with E-state index in [1.54, 1.807) is 0 Å².